The summed E-state index contributed by atoms with van der Waals surface area (Å²) in [7, 11) is 0. The molecule has 4 nitrogen and oxygen atoms in total. The molecular weight excluding hydrogens is 308 g/mol. The number of hydrogen-bond acceptors (Lipinski definition) is 4. The monoisotopic (exact) mass is 328 g/mol. The highest BCUT2D eigenvalue weighted by Gasteiger charge is 2.16. The van der Waals surface area contributed by atoms with Gasteiger partial charge in [-0.15, -0.1) is 11.8 Å². The molecule has 0 spiro atoms. The number of nitrogens with one attached hydrogen (secondary N) is 1. The zero-order chi connectivity index (χ0) is 16.2. The Morgan fingerprint density at radius 2 is 2.30 bits per heavy atom. The van der Waals surface area contributed by atoms with E-state index in [2.05, 4.69) is 22.4 Å². The largest absolute Gasteiger partial charge is 0.493 e. The SMILES string of the molecule is CSc1ncccc1C(=O)NC(C)Cc1ccc2c(c1)CCO2. The van der Waals surface area contributed by atoms with E-state index < -0.39 is 0 Å². The number of ether oxygens (including phenoxy) is 1. The molecule has 1 aliphatic rings. The standard InChI is InChI=1S/C18H20N2O2S/c1-12(10-13-5-6-16-14(11-13)7-9-22-16)20-17(21)15-4-3-8-19-18(15)23-2/h3-6,8,11-12H,7,9-10H2,1-2H3,(H,20,21). The fourth-order valence-electron chi connectivity index (χ4n) is 2.80. The second-order valence-electron chi connectivity index (χ2n) is 5.68. The number of amides is 1. The molecule has 5 heteroatoms. The Hall–Kier alpha value is -2.01. The van der Waals surface area contributed by atoms with Gasteiger partial charge in [0, 0.05) is 18.7 Å². The van der Waals surface area contributed by atoms with Crippen LogP contribution in [0.3, 0.4) is 0 Å². The minimum absolute atomic E-state index is 0.0535. The molecule has 1 N–H and O–H groups in total. The van der Waals surface area contributed by atoms with E-state index in [4.69, 9.17) is 4.74 Å². The maximum absolute atomic E-state index is 12.4. The molecule has 1 atom stereocenters. The summed E-state index contributed by atoms with van der Waals surface area (Å²) in [5, 5.41) is 3.82. The Balaban J connectivity index is 1.65. The molecule has 1 unspecified atom stereocenters. The minimum atomic E-state index is -0.0700. The molecule has 0 radical (unpaired) electrons. The van der Waals surface area contributed by atoms with Crippen molar-refractivity contribution in [2.75, 3.05) is 12.9 Å². The number of carbonyl (C=O) groups excluding carboxylic acids is 1. The molecule has 0 aliphatic carbocycles. The van der Waals surface area contributed by atoms with Crippen LogP contribution in [0.25, 0.3) is 0 Å². The molecule has 1 aromatic heterocycles. The molecule has 3 rings (SSSR count). The fourth-order valence-corrected chi connectivity index (χ4v) is 3.35. The number of aromatic nitrogens is 1. The topological polar surface area (TPSA) is 51.2 Å². The highest BCUT2D eigenvalue weighted by Crippen LogP contribution is 2.26. The Morgan fingerprint density at radius 1 is 1.43 bits per heavy atom. The van der Waals surface area contributed by atoms with Crippen LogP contribution in [-0.4, -0.2) is 29.8 Å². The summed E-state index contributed by atoms with van der Waals surface area (Å²) >= 11 is 1.48. The number of nitrogens with zero attached hydrogens (tertiary/aromatic N) is 1. The van der Waals surface area contributed by atoms with E-state index in [1.54, 1.807) is 12.3 Å². The first kappa shape index (κ1) is 15.9. The number of carbonyl (C=O) groups is 1. The second kappa shape index (κ2) is 7.04. The average molecular weight is 328 g/mol. The van der Waals surface area contributed by atoms with E-state index in [0.29, 0.717) is 5.56 Å². The summed E-state index contributed by atoms with van der Waals surface area (Å²) in [6.45, 7) is 2.79. The molecule has 0 bridgehead atoms. The van der Waals surface area contributed by atoms with Crippen LogP contribution in [0, 0.1) is 0 Å². The third-order valence-electron chi connectivity index (χ3n) is 3.88. The fraction of sp³-hybridized carbons (Fsp3) is 0.333. The Morgan fingerprint density at radius 3 is 3.13 bits per heavy atom. The van der Waals surface area contributed by atoms with Crippen LogP contribution in [-0.2, 0) is 12.8 Å². The lowest BCUT2D eigenvalue weighted by Gasteiger charge is -2.15. The maximum Gasteiger partial charge on any atom is 0.254 e. The first-order chi connectivity index (χ1) is 11.2. The normalized spacial score (nSPS) is 14.0. The smallest absolute Gasteiger partial charge is 0.254 e. The van der Waals surface area contributed by atoms with Crippen molar-refractivity contribution in [2.45, 2.75) is 30.8 Å². The molecule has 0 fully saturated rings. The van der Waals surface area contributed by atoms with Gasteiger partial charge in [0.2, 0.25) is 0 Å². The molecule has 1 amide bonds. The molecule has 2 heterocycles. The van der Waals surface area contributed by atoms with Gasteiger partial charge in [-0.05, 0) is 48.9 Å². The summed E-state index contributed by atoms with van der Waals surface area (Å²) in [4.78, 5) is 16.7. The van der Waals surface area contributed by atoms with Crippen molar-refractivity contribution in [1.29, 1.82) is 0 Å². The lowest BCUT2D eigenvalue weighted by molar-refractivity contribution is 0.0936. The molecule has 1 aliphatic heterocycles. The zero-order valence-electron chi connectivity index (χ0n) is 13.3. The molecule has 23 heavy (non-hydrogen) atoms. The van der Waals surface area contributed by atoms with Gasteiger partial charge in [0.25, 0.3) is 5.91 Å². The summed E-state index contributed by atoms with van der Waals surface area (Å²) in [5.74, 6) is 0.921. The van der Waals surface area contributed by atoms with Gasteiger partial charge in [0.05, 0.1) is 12.2 Å². The van der Waals surface area contributed by atoms with Crippen LogP contribution in [0.5, 0.6) is 5.75 Å². The second-order valence-corrected chi connectivity index (χ2v) is 6.47. The lowest BCUT2D eigenvalue weighted by Crippen LogP contribution is -2.34. The molecule has 2 aromatic rings. The van der Waals surface area contributed by atoms with E-state index in [-0.39, 0.29) is 11.9 Å². The number of thioether (sulfide) groups is 1. The highest BCUT2D eigenvalue weighted by molar-refractivity contribution is 7.98. The Kier molecular flexibility index (Phi) is 4.86. The van der Waals surface area contributed by atoms with E-state index in [0.717, 1.165) is 30.2 Å². The van der Waals surface area contributed by atoms with Gasteiger partial charge in [0.1, 0.15) is 10.8 Å². The van der Waals surface area contributed by atoms with Crippen molar-refractivity contribution >= 4 is 17.7 Å². The number of benzene rings is 1. The number of hydrogen-bond donors (Lipinski definition) is 1. The molecule has 120 valence electrons. The summed E-state index contributed by atoms with van der Waals surface area (Å²) in [6.07, 6.45) is 5.40. The van der Waals surface area contributed by atoms with Gasteiger partial charge in [-0.2, -0.15) is 0 Å². The van der Waals surface area contributed by atoms with Crippen LogP contribution < -0.4 is 10.1 Å². The van der Waals surface area contributed by atoms with Crippen molar-refractivity contribution in [3.05, 3.63) is 53.2 Å². The lowest BCUT2D eigenvalue weighted by atomic mass is 10.0. The van der Waals surface area contributed by atoms with Crippen LogP contribution >= 0.6 is 11.8 Å². The van der Waals surface area contributed by atoms with Crippen LogP contribution in [0.2, 0.25) is 0 Å². The van der Waals surface area contributed by atoms with Crippen LogP contribution in [0.1, 0.15) is 28.4 Å². The van der Waals surface area contributed by atoms with Gasteiger partial charge in [-0.3, -0.25) is 4.79 Å². The van der Waals surface area contributed by atoms with Gasteiger partial charge in [-0.1, -0.05) is 12.1 Å². The van der Waals surface area contributed by atoms with Crippen molar-refractivity contribution in [3.63, 3.8) is 0 Å². The quantitative estimate of drug-likeness (QED) is 0.857. The predicted octanol–water partition coefficient (Wildman–Crippen LogP) is 3.10. The predicted molar refractivity (Wildman–Crippen MR) is 92.3 cm³/mol. The van der Waals surface area contributed by atoms with Crippen molar-refractivity contribution in [2.24, 2.45) is 0 Å². The number of rotatable bonds is 5. The van der Waals surface area contributed by atoms with E-state index in [9.17, 15) is 4.79 Å². The van der Waals surface area contributed by atoms with Crippen molar-refractivity contribution in [3.8, 4) is 5.75 Å². The first-order valence-corrected chi connectivity index (χ1v) is 8.94. The third kappa shape index (κ3) is 3.67. The third-order valence-corrected chi connectivity index (χ3v) is 4.59. The van der Waals surface area contributed by atoms with Gasteiger partial charge in [-0.25, -0.2) is 4.98 Å². The maximum atomic E-state index is 12.4. The highest BCUT2D eigenvalue weighted by atomic mass is 32.2. The summed E-state index contributed by atoms with van der Waals surface area (Å²) in [5.41, 5.74) is 3.12. The van der Waals surface area contributed by atoms with Gasteiger partial charge in [0.15, 0.2) is 0 Å². The van der Waals surface area contributed by atoms with E-state index >= 15 is 0 Å². The van der Waals surface area contributed by atoms with E-state index in [1.165, 1.54) is 22.9 Å². The van der Waals surface area contributed by atoms with E-state index in [1.807, 2.05) is 25.3 Å². The number of pyridine rings is 1. The summed E-state index contributed by atoms with van der Waals surface area (Å²) in [6, 6.07) is 9.94. The molecular formula is C18H20N2O2S. The zero-order valence-corrected chi connectivity index (χ0v) is 14.2. The van der Waals surface area contributed by atoms with Gasteiger partial charge >= 0.3 is 0 Å². The van der Waals surface area contributed by atoms with Crippen LogP contribution in [0.15, 0.2) is 41.6 Å². The Labute approximate surface area is 140 Å². The van der Waals surface area contributed by atoms with Crippen molar-refractivity contribution in [1.82, 2.24) is 10.3 Å². The minimum Gasteiger partial charge on any atom is -0.493 e. The molecule has 0 saturated heterocycles. The molecule has 1 aromatic carbocycles. The summed E-state index contributed by atoms with van der Waals surface area (Å²) < 4.78 is 5.53. The molecule has 0 saturated carbocycles. The average Bonchev–Trinajstić information content (AvgIpc) is 3.02. The number of fused-ring (bicyclic) bond motifs is 1. The first-order valence-electron chi connectivity index (χ1n) is 7.72. The van der Waals surface area contributed by atoms with Gasteiger partial charge < -0.3 is 10.1 Å². The van der Waals surface area contributed by atoms with Crippen molar-refractivity contribution < 1.29 is 9.53 Å². The Bertz CT molecular complexity index is 718. The van der Waals surface area contributed by atoms with Crippen LogP contribution in [0.4, 0.5) is 0 Å².